The average Bonchev–Trinajstić information content (AvgIpc) is 3.21. The number of hydrogen-bond acceptors (Lipinski definition) is 2. The molecule has 21 heavy (non-hydrogen) atoms. The van der Waals surface area contributed by atoms with Gasteiger partial charge in [0.05, 0.1) is 11.1 Å². The first-order valence-corrected chi connectivity index (χ1v) is 7.36. The van der Waals surface area contributed by atoms with Crippen LogP contribution in [0.3, 0.4) is 0 Å². The highest BCUT2D eigenvalue weighted by atomic mass is 16.1. The maximum Gasteiger partial charge on any atom is 0.253 e. The van der Waals surface area contributed by atoms with E-state index in [0.29, 0.717) is 23.6 Å². The fraction of sp³-hybridized carbons (Fsp3) is 0.353. The van der Waals surface area contributed by atoms with Gasteiger partial charge in [-0.3, -0.25) is 4.79 Å². The molecule has 106 valence electrons. The molecule has 4 heteroatoms. The van der Waals surface area contributed by atoms with E-state index in [4.69, 9.17) is 6.42 Å². The van der Waals surface area contributed by atoms with E-state index in [1.54, 1.807) is 0 Å². The van der Waals surface area contributed by atoms with Crippen LogP contribution in [0.15, 0.2) is 30.6 Å². The topological polar surface area (TPSA) is 45.5 Å². The predicted molar refractivity (Wildman–Crippen MR) is 81.1 cm³/mol. The molecule has 3 heterocycles. The maximum absolute atomic E-state index is 12.4. The lowest BCUT2D eigenvalue weighted by Gasteiger charge is -2.23. The molecule has 0 aromatic carbocycles. The molecular formula is C17H17N3O. The van der Waals surface area contributed by atoms with Crippen molar-refractivity contribution in [2.45, 2.75) is 24.9 Å². The molecule has 2 aromatic rings. The minimum Gasteiger partial charge on any atom is -0.349 e. The highest BCUT2D eigenvalue weighted by Gasteiger charge is 2.40. The van der Waals surface area contributed by atoms with Crippen molar-refractivity contribution in [2.75, 3.05) is 6.54 Å². The van der Waals surface area contributed by atoms with E-state index in [0.717, 1.165) is 24.0 Å². The quantitative estimate of drug-likeness (QED) is 0.816. The van der Waals surface area contributed by atoms with Gasteiger partial charge in [-0.05, 0) is 37.0 Å². The van der Waals surface area contributed by atoms with Crippen LogP contribution in [-0.4, -0.2) is 28.9 Å². The van der Waals surface area contributed by atoms with E-state index in [1.807, 2.05) is 35.0 Å². The molecule has 0 radical (unpaired) electrons. The van der Waals surface area contributed by atoms with E-state index in [-0.39, 0.29) is 5.91 Å². The second-order valence-electron chi connectivity index (χ2n) is 6.00. The Balaban J connectivity index is 1.55. The summed E-state index contributed by atoms with van der Waals surface area (Å²) in [6.45, 7) is 1.03. The maximum atomic E-state index is 12.4. The fourth-order valence-corrected chi connectivity index (χ4v) is 3.63. The minimum atomic E-state index is 0.00501. The van der Waals surface area contributed by atoms with Crippen LogP contribution >= 0.6 is 0 Å². The zero-order valence-corrected chi connectivity index (χ0v) is 11.7. The van der Waals surface area contributed by atoms with E-state index >= 15 is 0 Å². The lowest BCUT2D eigenvalue weighted by Crippen LogP contribution is -2.44. The molecule has 2 bridgehead atoms. The number of piperidine rings is 1. The van der Waals surface area contributed by atoms with Gasteiger partial charge in [0.2, 0.25) is 0 Å². The van der Waals surface area contributed by atoms with Crippen molar-refractivity contribution >= 4 is 11.4 Å². The van der Waals surface area contributed by atoms with Gasteiger partial charge >= 0.3 is 0 Å². The van der Waals surface area contributed by atoms with Crippen LogP contribution in [0.5, 0.6) is 0 Å². The highest BCUT2D eigenvalue weighted by molar-refractivity contribution is 5.94. The number of amides is 1. The number of carbonyl (C=O) groups is 1. The Hall–Kier alpha value is -2.25. The van der Waals surface area contributed by atoms with Crippen molar-refractivity contribution in [3.8, 4) is 12.3 Å². The molecule has 2 N–H and O–H groups in total. The SMILES string of the molecule is C#Cc1ccn2cc(C(=O)NC3CC4CC3CN4)ccc12. The van der Waals surface area contributed by atoms with Crippen molar-refractivity contribution in [1.82, 2.24) is 15.0 Å². The number of pyridine rings is 1. The molecule has 3 atom stereocenters. The first kappa shape index (κ1) is 12.5. The summed E-state index contributed by atoms with van der Waals surface area (Å²) in [5, 5.41) is 6.64. The second kappa shape index (κ2) is 4.64. The van der Waals surface area contributed by atoms with E-state index in [9.17, 15) is 4.79 Å². The number of nitrogens with one attached hydrogen (secondary N) is 2. The summed E-state index contributed by atoms with van der Waals surface area (Å²) >= 11 is 0. The van der Waals surface area contributed by atoms with Crippen molar-refractivity contribution in [1.29, 1.82) is 0 Å². The Morgan fingerprint density at radius 1 is 1.38 bits per heavy atom. The third kappa shape index (κ3) is 2.01. The normalized spacial score (nSPS) is 26.9. The summed E-state index contributed by atoms with van der Waals surface area (Å²) < 4.78 is 1.91. The van der Waals surface area contributed by atoms with E-state index in [2.05, 4.69) is 16.6 Å². The third-order valence-corrected chi connectivity index (χ3v) is 4.75. The average molecular weight is 279 g/mol. The van der Waals surface area contributed by atoms with Crippen molar-refractivity contribution in [3.63, 3.8) is 0 Å². The molecule has 1 amide bonds. The molecule has 3 unspecified atom stereocenters. The summed E-state index contributed by atoms with van der Waals surface area (Å²) in [6, 6.07) is 6.54. The van der Waals surface area contributed by atoms with Crippen molar-refractivity contribution < 1.29 is 4.79 Å². The summed E-state index contributed by atoms with van der Waals surface area (Å²) in [5.41, 5.74) is 2.48. The first-order chi connectivity index (χ1) is 10.2. The number of rotatable bonds is 2. The number of carbonyl (C=O) groups excluding carboxylic acids is 1. The molecule has 0 spiro atoms. The molecule has 1 aliphatic heterocycles. The van der Waals surface area contributed by atoms with E-state index < -0.39 is 0 Å². The molecule has 2 fully saturated rings. The Bertz CT molecular complexity index is 755. The Morgan fingerprint density at radius 3 is 3.00 bits per heavy atom. The molecule has 2 aromatic heterocycles. The van der Waals surface area contributed by atoms with Gasteiger partial charge in [0.15, 0.2) is 0 Å². The summed E-state index contributed by atoms with van der Waals surface area (Å²) in [4.78, 5) is 12.4. The van der Waals surface area contributed by atoms with E-state index in [1.165, 1.54) is 6.42 Å². The van der Waals surface area contributed by atoms with Crippen LogP contribution in [0.1, 0.15) is 28.8 Å². The van der Waals surface area contributed by atoms with Gasteiger partial charge in [0, 0.05) is 36.6 Å². The van der Waals surface area contributed by atoms with Gasteiger partial charge in [-0.2, -0.15) is 0 Å². The number of aromatic nitrogens is 1. The fourth-order valence-electron chi connectivity index (χ4n) is 3.63. The molecular weight excluding hydrogens is 262 g/mol. The summed E-state index contributed by atoms with van der Waals surface area (Å²) in [6.07, 6.45) is 11.4. The van der Waals surface area contributed by atoms with Crippen LogP contribution in [0, 0.1) is 18.3 Å². The van der Waals surface area contributed by atoms with Gasteiger partial charge < -0.3 is 15.0 Å². The van der Waals surface area contributed by atoms with Crippen molar-refractivity contribution in [2.24, 2.45) is 5.92 Å². The molecule has 1 saturated heterocycles. The standard InChI is InChI=1S/C17H17N3O/c1-2-11-5-6-20-10-12(3-4-16(11)20)17(21)19-15-8-14-7-13(15)9-18-14/h1,3-6,10,13-15,18H,7-9H2,(H,19,21). The molecule has 4 nitrogen and oxygen atoms in total. The van der Waals surface area contributed by atoms with Gasteiger partial charge in [0.25, 0.3) is 5.91 Å². The zero-order chi connectivity index (χ0) is 14.4. The zero-order valence-electron chi connectivity index (χ0n) is 11.7. The summed E-state index contributed by atoms with van der Waals surface area (Å²) in [7, 11) is 0. The molecule has 1 saturated carbocycles. The van der Waals surface area contributed by atoms with Gasteiger partial charge in [0.1, 0.15) is 0 Å². The number of fused-ring (bicyclic) bond motifs is 3. The Kier molecular flexibility index (Phi) is 2.76. The van der Waals surface area contributed by atoms with Crippen LogP contribution in [-0.2, 0) is 0 Å². The largest absolute Gasteiger partial charge is 0.349 e. The lowest BCUT2D eigenvalue weighted by molar-refractivity contribution is 0.0924. The van der Waals surface area contributed by atoms with Gasteiger partial charge in [-0.25, -0.2) is 0 Å². The van der Waals surface area contributed by atoms with Gasteiger partial charge in [-0.15, -0.1) is 6.42 Å². The van der Waals surface area contributed by atoms with Crippen LogP contribution in [0.4, 0.5) is 0 Å². The van der Waals surface area contributed by atoms with Crippen molar-refractivity contribution in [3.05, 3.63) is 41.7 Å². The first-order valence-electron chi connectivity index (χ1n) is 7.36. The molecule has 2 aliphatic rings. The smallest absolute Gasteiger partial charge is 0.253 e. The number of hydrogen-bond donors (Lipinski definition) is 2. The predicted octanol–water partition coefficient (Wildman–Crippen LogP) is 1.40. The monoisotopic (exact) mass is 279 g/mol. The number of nitrogens with zero attached hydrogens (tertiary/aromatic N) is 1. The second-order valence-corrected chi connectivity index (χ2v) is 6.00. The van der Waals surface area contributed by atoms with Crippen LogP contribution in [0.2, 0.25) is 0 Å². The molecule has 4 rings (SSSR count). The van der Waals surface area contributed by atoms with Crippen LogP contribution < -0.4 is 10.6 Å². The summed E-state index contributed by atoms with van der Waals surface area (Å²) in [5.74, 6) is 3.24. The van der Waals surface area contributed by atoms with Gasteiger partial charge in [-0.1, -0.05) is 5.92 Å². The lowest BCUT2D eigenvalue weighted by atomic mass is 10.0. The third-order valence-electron chi connectivity index (χ3n) is 4.75. The Morgan fingerprint density at radius 2 is 2.29 bits per heavy atom. The minimum absolute atomic E-state index is 0.00501. The highest BCUT2D eigenvalue weighted by Crippen LogP contribution is 2.31. The molecule has 1 aliphatic carbocycles. The number of terminal acetylenes is 1. The Labute approximate surface area is 123 Å². The van der Waals surface area contributed by atoms with Crippen LogP contribution in [0.25, 0.3) is 5.52 Å².